The van der Waals surface area contributed by atoms with Crippen LogP contribution in [0, 0.1) is 0 Å². The van der Waals surface area contributed by atoms with Crippen molar-refractivity contribution >= 4 is 53.1 Å². The summed E-state index contributed by atoms with van der Waals surface area (Å²) in [4.78, 5) is 6.77. The highest BCUT2D eigenvalue weighted by atomic mass is 127. The van der Waals surface area contributed by atoms with Crippen LogP contribution in [0.2, 0.25) is 10.0 Å². The Balaban J connectivity index is 0.00000192. The minimum Gasteiger partial charge on any atom is -0.375 e. The summed E-state index contributed by atoms with van der Waals surface area (Å²) < 4.78 is 5.52. The molecule has 7 heteroatoms. The largest absolute Gasteiger partial charge is 0.375 e. The van der Waals surface area contributed by atoms with Crippen molar-refractivity contribution in [1.29, 1.82) is 0 Å². The number of hydrogen-bond donors (Lipinski definition) is 1. The van der Waals surface area contributed by atoms with Crippen molar-refractivity contribution < 1.29 is 4.74 Å². The summed E-state index contributed by atoms with van der Waals surface area (Å²) in [6.07, 6.45) is 2.24. The number of rotatable bonds is 2. The normalized spacial score (nSPS) is 28.0. The van der Waals surface area contributed by atoms with Gasteiger partial charge in [0.1, 0.15) is 0 Å². The number of hydrogen-bond acceptors (Lipinski definition) is 2. The van der Waals surface area contributed by atoms with Crippen LogP contribution in [-0.2, 0) is 4.74 Å². The highest BCUT2D eigenvalue weighted by Gasteiger charge is 2.31. The molecule has 1 aromatic carbocycles. The van der Waals surface area contributed by atoms with Crippen molar-refractivity contribution in [2.75, 3.05) is 19.7 Å². The Morgan fingerprint density at radius 2 is 2.04 bits per heavy atom. The van der Waals surface area contributed by atoms with E-state index in [0.29, 0.717) is 34.6 Å². The first-order valence-electron chi connectivity index (χ1n) is 7.67. The summed E-state index contributed by atoms with van der Waals surface area (Å²) in [5.74, 6) is 1.15. The first-order chi connectivity index (χ1) is 10.5. The molecule has 3 rings (SSSR count). The van der Waals surface area contributed by atoms with Crippen molar-refractivity contribution in [1.82, 2.24) is 4.90 Å². The smallest absolute Gasteiger partial charge is 0.191 e. The van der Waals surface area contributed by atoms with Crippen molar-refractivity contribution in [3.63, 3.8) is 0 Å². The molecule has 23 heavy (non-hydrogen) atoms. The third-order valence-corrected chi connectivity index (χ3v) is 5.15. The van der Waals surface area contributed by atoms with Crippen molar-refractivity contribution in [2.24, 2.45) is 10.7 Å². The Kier molecular flexibility index (Phi) is 6.83. The van der Waals surface area contributed by atoms with Crippen LogP contribution in [0.5, 0.6) is 0 Å². The van der Waals surface area contributed by atoms with E-state index in [0.717, 1.165) is 25.9 Å². The number of guanidine groups is 1. The fraction of sp³-hybridized carbons (Fsp3) is 0.562. The van der Waals surface area contributed by atoms with Crippen molar-refractivity contribution in [3.8, 4) is 0 Å². The van der Waals surface area contributed by atoms with E-state index < -0.39 is 0 Å². The van der Waals surface area contributed by atoms with Gasteiger partial charge in [0.25, 0.3) is 0 Å². The Morgan fingerprint density at radius 1 is 1.30 bits per heavy atom. The molecular weight excluding hydrogens is 448 g/mol. The molecule has 1 saturated carbocycles. The van der Waals surface area contributed by atoms with Crippen LogP contribution in [0.15, 0.2) is 23.2 Å². The molecule has 1 saturated heterocycles. The molecule has 1 aliphatic heterocycles. The van der Waals surface area contributed by atoms with E-state index in [1.807, 2.05) is 18.2 Å². The maximum Gasteiger partial charge on any atom is 0.191 e. The van der Waals surface area contributed by atoms with Crippen LogP contribution in [-0.4, -0.2) is 42.7 Å². The van der Waals surface area contributed by atoms with Crippen LogP contribution in [0.25, 0.3) is 0 Å². The highest BCUT2D eigenvalue weighted by Crippen LogP contribution is 2.40. The molecule has 1 unspecified atom stereocenters. The number of benzene rings is 1. The maximum atomic E-state index is 6.13. The number of halogens is 3. The van der Waals surface area contributed by atoms with Gasteiger partial charge in [-0.05, 0) is 43.4 Å². The summed E-state index contributed by atoms with van der Waals surface area (Å²) in [6, 6.07) is 6.17. The second kappa shape index (κ2) is 8.23. The van der Waals surface area contributed by atoms with Gasteiger partial charge < -0.3 is 15.4 Å². The van der Waals surface area contributed by atoms with Gasteiger partial charge in [-0.2, -0.15) is 0 Å². The zero-order chi connectivity index (χ0) is 15.7. The maximum absolute atomic E-state index is 6.13. The van der Waals surface area contributed by atoms with E-state index in [2.05, 4.69) is 16.8 Å². The fourth-order valence-corrected chi connectivity index (χ4v) is 3.33. The van der Waals surface area contributed by atoms with Gasteiger partial charge in [0.2, 0.25) is 0 Å². The molecule has 0 amide bonds. The zero-order valence-corrected chi connectivity index (χ0v) is 16.9. The molecule has 0 spiro atoms. The van der Waals surface area contributed by atoms with Gasteiger partial charge in [-0.15, -0.1) is 24.0 Å². The Bertz CT molecular complexity index is 578. The van der Waals surface area contributed by atoms with Gasteiger partial charge in [-0.3, -0.25) is 0 Å². The third kappa shape index (κ3) is 4.65. The van der Waals surface area contributed by atoms with E-state index in [1.54, 1.807) is 0 Å². The number of nitrogens with zero attached hydrogens (tertiary/aromatic N) is 2. The first-order valence-corrected chi connectivity index (χ1v) is 8.43. The molecule has 1 heterocycles. The summed E-state index contributed by atoms with van der Waals surface area (Å²) in [6.45, 7) is 4.41. The summed E-state index contributed by atoms with van der Waals surface area (Å²) in [5, 5.41) is 1.22. The zero-order valence-electron chi connectivity index (χ0n) is 13.0. The SMILES string of the molecule is CC1CN(C(N)=NC2CC(c3ccc(Cl)c(Cl)c3)C2)CCO1.I. The number of nitrogens with two attached hydrogens (primary N) is 1. The lowest BCUT2D eigenvalue weighted by Gasteiger charge is -2.36. The topological polar surface area (TPSA) is 50.8 Å². The fourth-order valence-electron chi connectivity index (χ4n) is 3.03. The van der Waals surface area contributed by atoms with Crippen LogP contribution in [0.1, 0.15) is 31.2 Å². The Labute approximate surface area is 164 Å². The predicted octanol–water partition coefficient (Wildman–Crippen LogP) is 3.89. The van der Waals surface area contributed by atoms with Crippen LogP contribution in [0.4, 0.5) is 0 Å². The molecule has 0 aromatic heterocycles. The monoisotopic (exact) mass is 469 g/mol. The second-order valence-corrected chi connectivity index (χ2v) is 6.92. The van der Waals surface area contributed by atoms with E-state index >= 15 is 0 Å². The molecule has 4 nitrogen and oxygen atoms in total. The van der Waals surface area contributed by atoms with E-state index in [-0.39, 0.29) is 30.1 Å². The summed E-state index contributed by atoms with van der Waals surface area (Å²) in [5.41, 5.74) is 7.37. The second-order valence-electron chi connectivity index (χ2n) is 6.11. The number of aliphatic imine (C=N–C) groups is 1. The van der Waals surface area contributed by atoms with Gasteiger partial charge >= 0.3 is 0 Å². The Morgan fingerprint density at radius 3 is 2.70 bits per heavy atom. The van der Waals surface area contributed by atoms with Gasteiger partial charge in [0, 0.05) is 13.1 Å². The molecule has 128 valence electrons. The van der Waals surface area contributed by atoms with Crippen LogP contribution >= 0.6 is 47.2 Å². The summed E-state index contributed by atoms with van der Waals surface area (Å²) >= 11 is 12.0. The average molecular weight is 470 g/mol. The van der Waals surface area contributed by atoms with Gasteiger partial charge in [-0.25, -0.2) is 4.99 Å². The average Bonchev–Trinajstić information content (AvgIpc) is 2.45. The Hall–Kier alpha value is -0.240. The number of ether oxygens (including phenoxy) is 1. The predicted molar refractivity (Wildman–Crippen MR) is 106 cm³/mol. The van der Waals surface area contributed by atoms with Crippen LogP contribution in [0.3, 0.4) is 0 Å². The molecule has 1 atom stereocenters. The molecule has 2 fully saturated rings. The number of morpholine rings is 1. The van der Waals surface area contributed by atoms with Gasteiger partial charge in [0.05, 0.1) is 28.8 Å². The van der Waals surface area contributed by atoms with Crippen molar-refractivity contribution in [2.45, 2.75) is 37.8 Å². The van der Waals surface area contributed by atoms with Gasteiger partial charge in [0.15, 0.2) is 5.96 Å². The van der Waals surface area contributed by atoms with Crippen molar-refractivity contribution in [3.05, 3.63) is 33.8 Å². The van der Waals surface area contributed by atoms with E-state index in [9.17, 15) is 0 Å². The lowest BCUT2D eigenvalue weighted by molar-refractivity contribution is 0.00512. The minimum atomic E-state index is 0. The van der Waals surface area contributed by atoms with E-state index in [1.165, 1.54) is 5.56 Å². The molecular formula is C16H22Cl2IN3O. The summed E-state index contributed by atoms with van der Waals surface area (Å²) in [7, 11) is 0. The van der Waals surface area contributed by atoms with Crippen LogP contribution < -0.4 is 5.73 Å². The lowest BCUT2D eigenvalue weighted by Crippen LogP contribution is -2.48. The van der Waals surface area contributed by atoms with Gasteiger partial charge in [-0.1, -0.05) is 29.3 Å². The molecule has 2 N–H and O–H groups in total. The molecule has 2 aliphatic rings. The quantitative estimate of drug-likeness (QED) is 0.406. The standard InChI is InChI=1S/C16H21Cl2N3O.HI/c1-10-9-21(4-5-22-10)16(19)20-13-6-12(7-13)11-2-3-14(17)15(18)8-11;/h2-3,8,10,12-13H,4-7,9H2,1H3,(H2,19,20);1H. The van der Waals surface area contributed by atoms with E-state index in [4.69, 9.17) is 33.7 Å². The highest BCUT2D eigenvalue weighted by molar-refractivity contribution is 14.0. The molecule has 1 aromatic rings. The molecule has 1 aliphatic carbocycles. The molecule has 0 bridgehead atoms. The minimum absolute atomic E-state index is 0. The lowest BCUT2D eigenvalue weighted by atomic mass is 9.76. The molecule has 0 radical (unpaired) electrons. The first kappa shape index (κ1) is 19.1. The third-order valence-electron chi connectivity index (χ3n) is 4.41.